The maximum Gasteiger partial charge on any atom is 0.326 e. The Morgan fingerprint density at radius 3 is 2.95 bits per heavy atom. The number of carbonyl (C=O) groups excluding carboxylic acids is 1. The number of fused-ring (bicyclic) bond motifs is 1. The van der Waals surface area contributed by atoms with Gasteiger partial charge in [0.2, 0.25) is 0 Å². The molecule has 0 bridgehead atoms. The molecule has 0 radical (unpaired) electrons. The molecule has 2 unspecified atom stereocenters. The number of hydrogen-bond donors (Lipinski definition) is 2. The average Bonchev–Trinajstić information content (AvgIpc) is 2.80. The van der Waals surface area contributed by atoms with E-state index in [0.29, 0.717) is 17.2 Å². The van der Waals surface area contributed by atoms with Gasteiger partial charge in [-0.15, -0.1) is 11.3 Å². The van der Waals surface area contributed by atoms with Crippen LogP contribution in [-0.2, 0) is 17.6 Å². The number of hydrogen-bond acceptors (Lipinski definition) is 3. The van der Waals surface area contributed by atoms with Crippen LogP contribution in [0.25, 0.3) is 0 Å². The summed E-state index contributed by atoms with van der Waals surface area (Å²) < 4.78 is 0. The van der Waals surface area contributed by atoms with Crippen LogP contribution in [0.15, 0.2) is 6.07 Å². The van der Waals surface area contributed by atoms with E-state index in [-0.39, 0.29) is 5.91 Å². The first kappa shape index (κ1) is 15.0. The molecule has 1 aliphatic rings. The standard InChI is InChI=1S/C15H21NO3S/c1-3-4-11(15(18)19)16-14(17)13-8-10-7-9(2)5-6-12(10)20-13/h8-9,11H,3-7H2,1-2H3,(H,16,17)(H,18,19). The zero-order chi connectivity index (χ0) is 14.7. The van der Waals surface area contributed by atoms with Crippen LogP contribution < -0.4 is 5.32 Å². The fraction of sp³-hybridized carbons (Fsp3) is 0.600. The third-order valence-electron chi connectivity index (χ3n) is 3.73. The number of carboxylic acid groups (broad SMARTS) is 1. The molecule has 110 valence electrons. The number of carbonyl (C=O) groups is 2. The molecule has 1 heterocycles. The van der Waals surface area contributed by atoms with Crippen molar-refractivity contribution in [3.8, 4) is 0 Å². The van der Waals surface area contributed by atoms with Crippen molar-refractivity contribution < 1.29 is 14.7 Å². The molecule has 0 aliphatic heterocycles. The van der Waals surface area contributed by atoms with E-state index < -0.39 is 12.0 Å². The molecule has 2 atom stereocenters. The number of rotatable bonds is 5. The highest BCUT2D eigenvalue weighted by atomic mass is 32.1. The first-order valence-electron chi connectivity index (χ1n) is 7.16. The van der Waals surface area contributed by atoms with Crippen LogP contribution in [0.3, 0.4) is 0 Å². The van der Waals surface area contributed by atoms with E-state index in [1.54, 1.807) is 0 Å². The number of thiophene rings is 1. The highest BCUT2D eigenvalue weighted by Crippen LogP contribution is 2.32. The van der Waals surface area contributed by atoms with Crippen molar-refractivity contribution in [1.29, 1.82) is 0 Å². The molecule has 0 aromatic carbocycles. The molecular weight excluding hydrogens is 274 g/mol. The minimum Gasteiger partial charge on any atom is -0.480 e. The van der Waals surface area contributed by atoms with Crippen LogP contribution in [0.4, 0.5) is 0 Å². The number of nitrogens with one attached hydrogen (secondary N) is 1. The summed E-state index contributed by atoms with van der Waals surface area (Å²) in [6, 6.07) is 1.15. The number of amides is 1. The van der Waals surface area contributed by atoms with E-state index in [4.69, 9.17) is 5.11 Å². The summed E-state index contributed by atoms with van der Waals surface area (Å²) in [4.78, 5) is 25.2. The molecule has 0 saturated carbocycles. The molecule has 5 heteroatoms. The minimum atomic E-state index is -0.963. The van der Waals surface area contributed by atoms with Gasteiger partial charge in [0.1, 0.15) is 6.04 Å². The van der Waals surface area contributed by atoms with Gasteiger partial charge in [-0.25, -0.2) is 4.79 Å². The van der Waals surface area contributed by atoms with E-state index in [9.17, 15) is 9.59 Å². The molecule has 4 nitrogen and oxygen atoms in total. The van der Waals surface area contributed by atoms with Gasteiger partial charge in [-0.3, -0.25) is 4.79 Å². The Morgan fingerprint density at radius 2 is 2.30 bits per heavy atom. The van der Waals surface area contributed by atoms with Crippen LogP contribution >= 0.6 is 11.3 Å². The zero-order valence-electron chi connectivity index (χ0n) is 11.9. The van der Waals surface area contributed by atoms with Crippen molar-refractivity contribution in [3.63, 3.8) is 0 Å². The molecule has 1 aromatic rings. The Morgan fingerprint density at radius 1 is 1.55 bits per heavy atom. The predicted octanol–water partition coefficient (Wildman–Crippen LogP) is 2.86. The van der Waals surface area contributed by atoms with Crippen molar-refractivity contribution in [2.45, 2.75) is 52.0 Å². The summed E-state index contributed by atoms with van der Waals surface area (Å²) in [5, 5.41) is 11.7. The summed E-state index contributed by atoms with van der Waals surface area (Å²) in [5.74, 6) is -0.548. The monoisotopic (exact) mass is 295 g/mol. The summed E-state index contributed by atoms with van der Waals surface area (Å²) in [6.45, 7) is 4.13. The lowest BCUT2D eigenvalue weighted by atomic mass is 9.90. The van der Waals surface area contributed by atoms with Crippen LogP contribution in [0.1, 0.15) is 53.2 Å². The summed E-state index contributed by atoms with van der Waals surface area (Å²) >= 11 is 1.51. The average molecular weight is 295 g/mol. The maximum atomic E-state index is 12.2. The van der Waals surface area contributed by atoms with Gasteiger partial charge in [0.05, 0.1) is 4.88 Å². The molecule has 0 saturated heterocycles. The summed E-state index contributed by atoms with van der Waals surface area (Å²) in [6.07, 6.45) is 4.42. The fourth-order valence-corrected chi connectivity index (χ4v) is 3.70. The SMILES string of the molecule is CCCC(NC(=O)c1cc2c(s1)CCC(C)C2)C(=O)O. The molecule has 0 spiro atoms. The molecular formula is C15H21NO3S. The van der Waals surface area contributed by atoms with Gasteiger partial charge in [-0.2, -0.15) is 0 Å². The van der Waals surface area contributed by atoms with Crippen LogP contribution in [0.2, 0.25) is 0 Å². The number of aliphatic carboxylic acids is 1. The minimum absolute atomic E-state index is 0.252. The highest BCUT2D eigenvalue weighted by Gasteiger charge is 2.24. The van der Waals surface area contributed by atoms with E-state index in [0.717, 1.165) is 19.3 Å². The first-order valence-corrected chi connectivity index (χ1v) is 7.98. The third-order valence-corrected chi connectivity index (χ3v) is 4.97. The first-order chi connectivity index (χ1) is 9.51. The van der Waals surface area contributed by atoms with Gasteiger partial charge in [0.15, 0.2) is 0 Å². The van der Waals surface area contributed by atoms with E-state index >= 15 is 0 Å². The topological polar surface area (TPSA) is 66.4 Å². The lowest BCUT2D eigenvalue weighted by Crippen LogP contribution is -2.40. The second kappa shape index (κ2) is 6.39. The van der Waals surface area contributed by atoms with E-state index in [1.807, 2.05) is 13.0 Å². The van der Waals surface area contributed by atoms with Crippen LogP contribution in [0, 0.1) is 5.92 Å². The molecule has 2 rings (SSSR count). The Balaban J connectivity index is 2.08. The molecule has 1 amide bonds. The molecule has 20 heavy (non-hydrogen) atoms. The van der Waals surface area contributed by atoms with Gasteiger partial charge in [-0.1, -0.05) is 20.3 Å². The Kier molecular flexibility index (Phi) is 4.81. The fourth-order valence-electron chi connectivity index (χ4n) is 2.59. The Bertz CT molecular complexity index is 509. The molecule has 1 aliphatic carbocycles. The van der Waals surface area contributed by atoms with Crippen LogP contribution in [0.5, 0.6) is 0 Å². The third kappa shape index (κ3) is 3.39. The lowest BCUT2D eigenvalue weighted by Gasteiger charge is -2.16. The van der Waals surface area contributed by atoms with Crippen molar-refractivity contribution in [3.05, 3.63) is 21.4 Å². The van der Waals surface area contributed by atoms with Crippen molar-refractivity contribution in [1.82, 2.24) is 5.32 Å². The quantitative estimate of drug-likeness (QED) is 0.878. The maximum absolute atomic E-state index is 12.2. The van der Waals surface area contributed by atoms with Gasteiger partial charge in [0.25, 0.3) is 5.91 Å². The van der Waals surface area contributed by atoms with Crippen molar-refractivity contribution >= 4 is 23.2 Å². The lowest BCUT2D eigenvalue weighted by molar-refractivity contribution is -0.139. The molecule has 1 aromatic heterocycles. The van der Waals surface area contributed by atoms with Gasteiger partial charge >= 0.3 is 5.97 Å². The normalized spacial score (nSPS) is 19.2. The number of aryl methyl sites for hydroxylation is 1. The van der Waals surface area contributed by atoms with Gasteiger partial charge in [0, 0.05) is 4.88 Å². The van der Waals surface area contributed by atoms with Crippen molar-refractivity contribution in [2.24, 2.45) is 5.92 Å². The summed E-state index contributed by atoms with van der Waals surface area (Å²) in [7, 11) is 0. The van der Waals surface area contributed by atoms with Crippen molar-refractivity contribution in [2.75, 3.05) is 0 Å². The van der Waals surface area contributed by atoms with Gasteiger partial charge < -0.3 is 10.4 Å². The molecule has 2 N–H and O–H groups in total. The van der Waals surface area contributed by atoms with E-state index in [2.05, 4.69) is 12.2 Å². The highest BCUT2D eigenvalue weighted by molar-refractivity contribution is 7.14. The second-order valence-corrected chi connectivity index (χ2v) is 6.70. The second-order valence-electron chi connectivity index (χ2n) is 5.56. The summed E-state index contributed by atoms with van der Waals surface area (Å²) in [5.41, 5.74) is 1.27. The van der Waals surface area contributed by atoms with E-state index in [1.165, 1.54) is 28.2 Å². The number of carboxylic acids is 1. The smallest absolute Gasteiger partial charge is 0.326 e. The zero-order valence-corrected chi connectivity index (χ0v) is 12.8. The van der Waals surface area contributed by atoms with Crippen LogP contribution in [-0.4, -0.2) is 23.0 Å². The van der Waals surface area contributed by atoms with Gasteiger partial charge in [-0.05, 0) is 43.2 Å². The Hall–Kier alpha value is -1.36. The largest absolute Gasteiger partial charge is 0.480 e. The Labute approximate surface area is 123 Å². The predicted molar refractivity (Wildman–Crippen MR) is 79.3 cm³/mol. The molecule has 0 fully saturated rings.